The lowest BCUT2D eigenvalue weighted by Gasteiger charge is -2.26. The van der Waals surface area contributed by atoms with E-state index in [0.717, 1.165) is 5.57 Å². The largest absolute Gasteiger partial charge is 0.481 e. The van der Waals surface area contributed by atoms with Crippen LogP contribution in [0.3, 0.4) is 0 Å². The zero-order valence-electron chi connectivity index (χ0n) is 11.0. The molecule has 0 spiro atoms. The molecular formula is C12H20N2O4. The van der Waals surface area contributed by atoms with Gasteiger partial charge in [-0.1, -0.05) is 11.6 Å². The van der Waals surface area contributed by atoms with Crippen LogP contribution in [-0.2, 0) is 9.53 Å². The third-order valence-corrected chi connectivity index (χ3v) is 2.95. The number of carboxylic acids is 1. The maximum atomic E-state index is 11.8. The molecule has 0 aromatic heterocycles. The summed E-state index contributed by atoms with van der Waals surface area (Å²) in [6.07, 6.45) is 1.89. The molecule has 1 aliphatic rings. The van der Waals surface area contributed by atoms with Crippen molar-refractivity contribution < 1.29 is 19.4 Å². The van der Waals surface area contributed by atoms with Gasteiger partial charge < -0.3 is 20.1 Å². The van der Waals surface area contributed by atoms with Gasteiger partial charge in [0, 0.05) is 13.6 Å². The molecule has 6 heteroatoms. The summed E-state index contributed by atoms with van der Waals surface area (Å²) in [5.41, 5.74) is 1.12. The number of carbonyl (C=O) groups is 2. The first-order valence-electron chi connectivity index (χ1n) is 5.88. The van der Waals surface area contributed by atoms with Gasteiger partial charge in [-0.15, -0.1) is 0 Å². The molecule has 0 aromatic rings. The average Bonchev–Trinajstić information content (AvgIpc) is 2.76. The Morgan fingerprint density at radius 3 is 2.67 bits per heavy atom. The summed E-state index contributed by atoms with van der Waals surface area (Å²) in [6.45, 7) is 4.76. The van der Waals surface area contributed by atoms with Crippen LogP contribution in [-0.4, -0.2) is 54.9 Å². The van der Waals surface area contributed by atoms with Crippen molar-refractivity contribution in [2.75, 3.05) is 26.8 Å². The molecule has 6 nitrogen and oxygen atoms in total. The van der Waals surface area contributed by atoms with Gasteiger partial charge in [-0.25, -0.2) is 4.79 Å². The summed E-state index contributed by atoms with van der Waals surface area (Å²) in [4.78, 5) is 24.2. The van der Waals surface area contributed by atoms with Crippen molar-refractivity contribution in [2.45, 2.75) is 19.9 Å². The Morgan fingerprint density at radius 1 is 1.44 bits per heavy atom. The Kier molecular flexibility index (Phi) is 5.15. The molecule has 1 heterocycles. The first kappa shape index (κ1) is 14.5. The highest BCUT2D eigenvalue weighted by molar-refractivity contribution is 5.77. The van der Waals surface area contributed by atoms with E-state index in [-0.39, 0.29) is 19.2 Å². The van der Waals surface area contributed by atoms with Crippen molar-refractivity contribution in [2.24, 2.45) is 5.92 Å². The van der Waals surface area contributed by atoms with E-state index in [2.05, 4.69) is 5.32 Å². The Labute approximate surface area is 107 Å². The zero-order valence-corrected chi connectivity index (χ0v) is 11.0. The van der Waals surface area contributed by atoms with E-state index in [9.17, 15) is 9.59 Å². The van der Waals surface area contributed by atoms with Crippen LogP contribution in [0.15, 0.2) is 11.6 Å². The minimum absolute atomic E-state index is 0.158. The fraction of sp³-hybridized carbons (Fsp3) is 0.667. The molecule has 1 rings (SSSR count). The van der Waals surface area contributed by atoms with Crippen LogP contribution in [0.4, 0.5) is 4.79 Å². The zero-order chi connectivity index (χ0) is 13.7. The van der Waals surface area contributed by atoms with Crippen LogP contribution in [0.1, 0.15) is 13.8 Å². The average molecular weight is 256 g/mol. The van der Waals surface area contributed by atoms with Crippen LogP contribution in [0.2, 0.25) is 0 Å². The number of allylic oxidation sites excluding steroid dienone is 1. The number of carboxylic acid groups (broad SMARTS) is 1. The van der Waals surface area contributed by atoms with Gasteiger partial charge in [0.25, 0.3) is 0 Å². The van der Waals surface area contributed by atoms with Gasteiger partial charge in [-0.3, -0.25) is 4.79 Å². The van der Waals surface area contributed by atoms with E-state index in [4.69, 9.17) is 9.84 Å². The van der Waals surface area contributed by atoms with Crippen LogP contribution >= 0.6 is 0 Å². The number of likely N-dealkylation sites (N-methyl/N-ethyl adjacent to an activating group) is 1. The number of rotatable bonds is 4. The molecular weight excluding hydrogens is 236 g/mol. The number of aliphatic carboxylic acids is 1. The third-order valence-electron chi connectivity index (χ3n) is 2.95. The summed E-state index contributed by atoms with van der Waals surface area (Å²) in [7, 11) is 1.59. The lowest BCUT2D eigenvalue weighted by atomic mass is 10.0. The normalized spacial score (nSPS) is 22.4. The second-order valence-corrected chi connectivity index (χ2v) is 4.63. The van der Waals surface area contributed by atoms with E-state index >= 15 is 0 Å². The summed E-state index contributed by atoms with van der Waals surface area (Å²) in [5.74, 6) is -1.58. The molecule has 1 saturated heterocycles. The van der Waals surface area contributed by atoms with Crippen LogP contribution in [0.5, 0.6) is 0 Å². The molecule has 0 bridgehead atoms. The van der Waals surface area contributed by atoms with Crippen molar-refractivity contribution in [3.05, 3.63) is 11.6 Å². The minimum atomic E-state index is -0.929. The molecule has 0 saturated carbocycles. The number of nitrogens with zero attached hydrogens (tertiary/aromatic N) is 1. The number of nitrogens with one attached hydrogen (secondary N) is 1. The fourth-order valence-corrected chi connectivity index (χ4v) is 1.78. The van der Waals surface area contributed by atoms with Crippen LogP contribution < -0.4 is 5.32 Å². The SMILES string of the molecule is CC(C)=CCNC(=O)N(C)C1COCC1C(=O)O. The van der Waals surface area contributed by atoms with E-state index < -0.39 is 17.9 Å². The van der Waals surface area contributed by atoms with Crippen molar-refractivity contribution in [1.29, 1.82) is 0 Å². The molecule has 2 amide bonds. The molecule has 102 valence electrons. The Morgan fingerprint density at radius 2 is 2.11 bits per heavy atom. The lowest BCUT2D eigenvalue weighted by molar-refractivity contribution is -0.142. The van der Waals surface area contributed by atoms with Gasteiger partial charge >= 0.3 is 12.0 Å². The highest BCUT2D eigenvalue weighted by atomic mass is 16.5. The minimum Gasteiger partial charge on any atom is -0.481 e. The third kappa shape index (κ3) is 3.73. The van der Waals surface area contributed by atoms with Gasteiger partial charge in [0.15, 0.2) is 0 Å². The lowest BCUT2D eigenvalue weighted by Crippen LogP contribution is -2.48. The molecule has 1 aliphatic heterocycles. The number of urea groups is 1. The standard InChI is InChI=1S/C12H20N2O4/c1-8(2)4-5-13-12(17)14(3)10-7-18-6-9(10)11(15)16/h4,9-10H,5-7H2,1-3H3,(H,13,17)(H,15,16). The fourth-order valence-electron chi connectivity index (χ4n) is 1.78. The highest BCUT2D eigenvalue weighted by Crippen LogP contribution is 2.18. The van der Waals surface area contributed by atoms with E-state index in [1.807, 2.05) is 19.9 Å². The molecule has 2 unspecified atom stereocenters. The van der Waals surface area contributed by atoms with Crippen molar-refractivity contribution in [1.82, 2.24) is 10.2 Å². The summed E-state index contributed by atoms with van der Waals surface area (Å²) < 4.78 is 5.13. The van der Waals surface area contributed by atoms with Crippen molar-refractivity contribution >= 4 is 12.0 Å². The summed E-state index contributed by atoms with van der Waals surface area (Å²) in [6, 6.07) is -0.691. The van der Waals surface area contributed by atoms with E-state index in [1.165, 1.54) is 4.90 Å². The highest BCUT2D eigenvalue weighted by Gasteiger charge is 2.38. The first-order valence-corrected chi connectivity index (χ1v) is 5.88. The topological polar surface area (TPSA) is 78.9 Å². The summed E-state index contributed by atoms with van der Waals surface area (Å²) in [5, 5.41) is 11.7. The maximum Gasteiger partial charge on any atom is 0.317 e. The molecule has 2 N–H and O–H groups in total. The van der Waals surface area contributed by atoms with Gasteiger partial charge in [0.05, 0.1) is 19.3 Å². The molecule has 0 aromatic carbocycles. The Hall–Kier alpha value is -1.56. The molecule has 0 radical (unpaired) electrons. The Balaban J connectivity index is 2.52. The number of ether oxygens (including phenoxy) is 1. The van der Waals surface area contributed by atoms with Crippen molar-refractivity contribution in [3.8, 4) is 0 Å². The van der Waals surface area contributed by atoms with Gasteiger partial charge in [0.2, 0.25) is 0 Å². The molecule has 0 aliphatic carbocycles. The van der Waals surface area contributed by atoms with Crippen LogP contribution in [0, 0.1) is 5.92 Å². The van der Waals surface area contributed by atoms with E-state index in [0.29, 0.717) is 6.54 Å². The van der Waals surface area contributed by atoms with E-state index in [1.54, 1.807) is 7.05 Å². The quantitative estimate of drug-likeness (QED) is 0.725. The van der Waals surface area contributed by atoms with Crippen LogP contribution in [0.25, 0.3) is 0 Å². The Bertz CT molecular complexity index is 350. The number of carbonyl (C=O) groups excluding carboxylic acids is 1. The van der Waals surface area contributed by atoms with Gasteiger partial charge in [-0.05, 0) is 13.8 Å². The smallest absolute Gasteiger partial charge is 0.317 e. The van der Waals surface area contributed by atoms with Gasteiger partial charge in [-0.2, -0.15) is 0 Å². The van der Waals surface area contributed by atoms with Crippen molar-refractivity contribution in [3.63, 3.8) is 0 Å². The predicted octanol–water partition coefficient (Wildman–Crippen LogP) is 0.694. The molecule has 18 heavy (non-hydrogen) atoms. The maximum absolute atomic E-state index is 11.8. The predicted molar refractivity (Wildman–Crippen MR) is 66.3 cm³/mol. The molecule has 2 atom stereocenters. The first-order chi connectivity index (χ1) is 8.43. The second kappa shape index (κ2) is 6.39. The second-order valence-electron chi connectivity index (χ2n) is 4.63. The van der Waals surface area contributed by atoms with Gasteiger partial charge in [0.1, 0.15) is 5.92 Å². The number of hydrogen-bond acceptors (Lipinski definition) is 3. The number of amides is 2. The summed E-state index contributed by atoms with van der Waals surface area (Å²) >= 11 is 0. The monoisotopic (exact) mass is 256 g/mol. The number of hydrogen-bond donors (Lipinski definition) is 2. The molecule has 1 fully saturated rings.